The largest absolute Gasteiger partial charge is 0.439 e. The second kappa shape index (κ2) is 7.87. The van der Waals surface area contributed by atoms with Crippen molar-refractivity contribution < 1.29 is 22.4 Å². The van der Waals surface area contributed by atoms with Gasteiger partial charge in [-0.15, -0.1) is 0 Å². The molecule has 0 spiro atoms. The first-order valence-corrected chi connectivity index (χ1v) is 9.91. The highest BCUT2D eigenvalue weighted by molar-refractivity contribution is 7.91. The number of carbonyl (C=O) groups is 2. The Morgan fingerprint density at radius 3 is 2.00 bits per heavy atom. The van der Waals surface area contributed by atoms with Gasteiger partial charge >= 0.3 is 0 Å². The maximum absolute atomic E-state index is 12.6. The first kappa shape index (κ1) is 19.7. The van der Waals surface area contributed by atoms with Gasteiger partial charge in [0.1, 0.15) is 0 Å². The molecule has 3 aromatic rings. The van der Waals surface area contributed by atoms with Gasteiger partial charge in [0, 0.05) is 23.3 Å². The van der Waals surface area contributed by atoms with Crippen LogP contribution < -0.4 is 10.6 Å². The van der Waals surface area contributed by atoms with Crippen molar-refractivity contribution in [2.45, 2.75) is 16.9 Å². The smallest absolute Gasteiger partial charge is 0.291 e. The molecule has 0 aliphatic carbocycles. The molecule has 0 radical (unpaired) electrons. The summed E-state index contributed by atoms with van der Waals surface area (Å²) in [5.41, 5.74) is 1.04. The quantitative estimate of drug-likeness (QED) is 0.652. The van der Waals surface area contributed by atoms with Crippen LogP contribution in [0.4, 0.5) is 11.4 Å². The van der Waals surface area contributed by atoms with E-state index in [-0.39, 0.29) is 21.7 Å². The highest BCUT2D eigenvalue weighted by Crippen LogP contribution is 2.24. The molecule has 1 heterocycles. The Hall–Kier alpha value is -3.10. The summed E-state index contributed by atoms with van der Waals surface area (Å²) in [4.78, 5) is 23.3. The van der Waals surface area contributed by atoms with Gasteiger partial charge in [0.15, 0.2) is 5.76 Å². The van der Waals surface area contributed by atoms with Gasteiger partial charge in [-0.05, 0) is 60.7 Å². The van der Waals surface area contributed by atoms with Crippen molar-refractivity contribution in [3.05, 3.63) is 71.4 Å². The number of nitrogens with one attached hydrogen (secondary N) is 2. The van der Waals surface area contributed by atoms with Crippen molar-refractivity contribution in [3.8, 4) is 0 Å². The van der Waals surface area contributed by atoms with E-state index in [1.807, 2.05) is 0 Å². The number of anilines is 2. The van der Waals surface area contributed by atoms with Crippen LogP contribution >= 0.6 is 11.6 Å². The van der Waals surface area contributed by atoms with E-state index in [2.05, 4.69) is 10.6 Å². The predicted molar refractivity (Wildman–Crippen MR) is 104 cm³/mol. The Kier molecular flexibility index (Phi) is 5.53. The molecule has 0 aliphatic rings. The van der Waals surface area contributed by atoms with E-state index >= 15 is 0 Å². The third kappa shape index (κ3) is 4.41. The third-order valence-corrected chi connectivity index (χ3v) is 5.55. The highest BCUT2D eigenvalue weighted by Gasteiger charge is 2.23. The highest BCUT2D eigenvalue weighted by atomic mass is 35.5. The van der Waals surface area contributed by atoms with Crippen molar-refractivity contribution in [3.63, 3.8) is 0 Å². The zero-order valence-electron chi connectivity index (χ0n) is 14.6. The van der Waals surface area contributed by atoms with Crippen molar-refractivity contribution in [1.82, 2.24) is 0 Å². The Morgan fingerprint density at radius 2 is 1.43 bits per heavy atom. The lowest BCUT2D eigenvalue weighted by molar-refractivity contribution is -0.114. The first-order valence-electron chi connectivity index (χ1n) is 8.05. The van der Waals surface area contributed by atoms with Crippen LogP contribution in [0.5, 0.6) is 0 Å². The average molecular weight is 419 g/mol. The summed E-state index contributed by atoms with van der Waals surface area (Å²) in [6, 6.07) is 14.6. The van der Waals surface area contributed by atoms with E-state index in [9.17, 15) is 18.0 Å². The fourth-order valence-electron chi connectivity index (χ4n) is 2.35. The monoisotopic (exact) mass is 418 g/mol. The minimum atomic E-state index is -3.90. The zero-order chi connectivity index (χ0) is 20.3. The third-order valence-electron chi connectivity index (χ3n) is 3.66. The van der Waals surface area contributed by atoms with Gasteiger partial charge in [-0.2, -0.15) is 0 Å². The van der Waals surface area contributed by atoms with Crippen molar-refractivity contribution in [1.29, 1.82) is 0 Å². The van der Waals surface area contributed by atoms with E-state index < -0.39 is 15.7 Å². The lowest BCUT2D eigenvalue weighted by Crippen LogP contribution is -2.11. The van der Waals surface area contributed by atoms with Gasteiger partial charge in [-0.25, -0.2) is 8.42 Å². The number of halogens is 1. The second-order valence-corrected chi connectivity index (χ2v) is 8.11. The molecule has 0 saturated carbocycles. The minimum Gasteiger partial charge on any atom is -0.439 e. The maximum Gasteiger partial charge on any atom is 0.291 e. The van der Waals surface area contributed by atoms with Crippen LogP contribution in [0.15, 0.2) is 75.1 Å². The van der Waals surface area contributed by atoms with Crippen LogP contribution in [0.3, 0.4) is 0 Å². The summed E-state index contributed by atoms with van der Waals surface area (Å²) in [5, 5.41) is 5.26. The molecule has 144 valence electrons. The summed E-state index contributed by atoms with van der Waals surface area (Å²) in [6.45, 7) is 1.39. The zero-order valence-corrected chi connectivity index (χ0v) is 16.2. The molecule has 2 amide bonds. The molecule has 28 heavy (non-hydrogen) atoms. The molecule has 0 fully saturated rings. The topological polar surface area (TPSA) is 105 Å². The molecular formula is C19H15ClN2O5S. The molecule has 2 N–H and O–H groups in total. The fourth-order valence-corrected chi connectivity index (χ4v) is 3.65. The van der Waals surface area contributed by atoms with E-state index in [0.717, 1.165) is 0 Å². The number of benzene rings is 2. The van der Waals surface area contributed by atoms with Crippen LogP contribution in [0.1, 0.15) is 17.5 Å². The molecule has 0 aliphatic heterocycles. The van der Waals surface area contributed by atoms with E-state index in [0.29, 0.717) is 16.4 Å². The summed E-state index contributed by atoms with van der Waals surface area (Å²) >= 11 is 5.77. The van der Waals surface area contributed by atoms with Gasteiger partial charge < -0.3 is 15.1 Å². The number of furan rings is 1. The van der Waals surface area contributed by atoms with Crippen LogP contribution in [-0.4, -0.2) is 20.2 Å². The molecule has 9 heteroatoms. The SMILES string of the molecule is CC(=O)Nc1ccc(NC(=O)c2ccc(S(=O)(=O)c3ccc(Cl)cc3)o2)cc1. The van der Waals surface area contributed by atoms with Crippen molar-refractivity contribution in [2.24, 2.45) is 0 Å². The normalized spacial score (nSPS) is 11.1. The number of amides is 2. The van der Waals surface area contributed by atoms with E-state index in [4.69, 9.17) is 16.0 Å². The Balaban J connectivity index is 1.75. The fraction of sp³-hybridized carbons (Fsp3) is 0.0526. The summed E-state index contributed by atoms with van der Waals surface area (Å²) < 4.78 is 30.4. The number of rotatable bonds is 5. The molecule has 3 rings (SSSR count). The summed E-state index contributed by atoms with van der Waals surface area (Å²) in [6.07, 6.45) is 0. The lowest BCUT2D eigenvalue weighted by Gasteiger charge is -2.06. The number of hydrogen-bond donors (Lipinski definition) is 2. The Labute approximate surface area is 166 Å². The molecule has 0 atom stereocenters. The molecule has 0 unspecified atom stereocenters. The molecular weight excluding hydrogens is 404 g/mol. The number of carbonyl (C=O) groups excluding carboxylic acids is 2. The van der Waals surface area contributed by atoms with Crippen molar-refractivity contribution >= 4 is 44.6 Å². The van der Waals surface area contributed by atoms with Gasteiger partial charge in [0.25, 0.3) is 5.91 Å². The van der Waals surface area contributed by atoms with Crippen molar-refractivity contribution in [2.75, 3.05) is 10.6 Å². The van der Waals surface area contributed by atoms with Gasteiger partial charge in [0.05, 0.1) is 4.90 Å². The van der Waals surface area contributed by atoms with E-state index in [1.54, 1.807) is 24.3 Å². The Bertz CT molecular complexity index is 1120. The van der Waals surface area contributed by atoms with Gasteiger partial charge in [-0.1, -0.05) is 11.6 Å². The molecule has 7 nitrogen and oxygen atoms in total. The molecule has 1 aromatic heterocycles. The van der Waals surface area contributed by atoms with Gasteiger partial charge in [0.2, 0.25) is 20.8 Å². The van der Waals surface area contributed by atoms with Crippen LogP contribution in [0.2, 0.25) is 5.02 Å². The van der Waals surface area contributed by atoms with E-state index in [1.165, 1.54) is 43.3 Å². The summed E-state index contributed by atoms with van der Waals surface area (Å²) in [5.74, 6) is -0.967. The molecule has 2 aromatic carbocycles. The van der Waals surface area contributed by atoms with Crippen LogP contribution in [-0.2, 0) is 14.6 Å². The Morgan fingerprint density at radius 1 is 0.857 bits per heavy atom. The lowest BCUT2D eigenvalue weighted by atomic mass is 10.2. The predicted octanol–water partition coefficient (Wildman–Crippen LogP) is 3.98. The standard InChI is InChI=1S/C19H15ClN2O5S/c1-12(23)21-14-4-6-15(7-5-14)22-19(24)17-10-11-18(27-17)28(25,26)16-8-2-13(20)3-9-16/h2-11H,1H3,(H,21,23)(H,22,24). The van der Waals surface area contributed by atoms with Gasteiger partial charge in [-0.3, -0.25) is 9.59 Å². The first-order chi connectivity index (χ1) is 13.3. The number of sulfone groups is 1. The maximum atomic E-state index is 12.6. The molecule has 0 bridgehead atoms. The molecule has 0 saturated heterocycles. The minimum absolute atomic E-state index is 0.00627. The summed E-state index contributed by atoms with van der Waals surface area (Å²) in [7, 11) is -3.90. The second-order valence-electron chi connectivity index (χ2n) is 5.79. The van der Waals surface area contributed by atoms with Crippen LogP contribution in [0, 0.1) is 0 Å². The van der Waals surface area contributed by atoms with Crippen LogP contribution in [0.25, 0.3) is 0 Å². The number of hydrogen-bond acceptors (Lipinski definition) is 5. The average Bonchev–Trinajstić information content (AvgIpc) is 3.14.